The van der Waals surface area contributed by atoms with Crippen molar-refractivity contribution in [3.05, 3.63) is 18.5 Å². The van der Waals surface area contributed by atoms with Gasteiger partial charge >= 0.3 is 0 Å². The summed E-state index contributed by atoms with van der Waals surface area (Å²) in [6.07, 6.45) is 3.56. The summed E-state index contributed by atoms with van der Waals surface area (Å²) in [6.45, 7) is 6.93. The molecule has 5 heteroatoms. The van der Waals surface area contributed by atoms with Crippen LogP contribution >= 0.6 is 0 Å². The summed E-state index contributed by atoms with van der Waals surface area (Å²) in [5.74, 6) is 6.99. The molecule has 0 spiro atoms. The van der Waals surface area contributed by atoms with Crippen LogP contribution in [0.25, 0.3) is 0 Å². The lowest BCUT2D eigenvalue weighted by Crippen LogP contribution is -2.64. The van der Waals surface area contributed by atoms with E-state index in [4.69, 9.17) is 5.84 Å². The molecule has 0 aliphatic carbocycles. The number of anilines is 1. The van der Waals surface area contributed by atoms with E-state index in [0.717, 1.165) is 38.7 Å². The monoisotopic (exact) mass is 208 g/mol. The summed E-state index contributed by atoms with van der Waals surface area (Å²) < 4.78 is 0.670. The van der Waals surface area contributed by atoms with Gasteiger partial charge in [0.1, 0.15) is 13.1 Å². The van der Waals surface area contributed by atoms with Gasteiger partial charge in [0.2, 0.25) is 5.95 Å². The van der Waals surface area contributed by atoms with E-state index < -0.39 is 0 Å². The minimum Gasteiger partial charge on any atom is -0.329 e. The van der Waals surface area contributed by atoms with Crippen LogP contribution in [0.1, 0.15) is 6.92 Å². The number of likely N-dealkylation sites (N-methyl/N-ethyl adjacent to an activating group) is 1. The molecule has 1 aromatic rings. The van der Waals surface area contributed by atoms with E-state index in [-0.39, 0.29) is 0 Å². The van der Waals surface area contributed by atoms with E-state index in [0.29, 0.717) is 4.59 Å². The SMILES string of the molecule is CC[N+]1(N)CCN(c2ncccn2)CC1. The Morgan fingerprint density at radius 2 is 1.93 bits per heavy atom. The Bertz CT molecular complexity index is 305. The van der Waals surface area contributed by atoms with Crippen LogP contribution in [-0.4, -0.2) is 47.3 Å². The van der Waals surface area contributed by atoms with Crippen LogP contribution in [0.15, 0.2) is 18.5 Å². The Hall–Kier alpha value is -1.20. The van der Waals surface area contributed by atoms with Crippen molar-refractivity contribution in [1.29, 1.82) is 0 Å². The highest BCUT2D eigenvalue weighted by Crippen LogP contribution is 2.11. The fraction of sp³-hybridized carbons (Fsp3) is 0.600. The normalized spacial score (nSPS) is 20.3. The maximum Gasteiger partial charge on any atom is 0.225 e. The van der Waals surface area contributed by atoms with Crippen molar-refractivity contribution in [1.82, 2.24) is 9.97 Å². The number of nitrogens with zero attached hydrogens (tertiary/aromatic N) is 4. The van der Waals surface area contributed by atoms with Crippen molar-refractivity contribution in [3.8, 4) is 0 Å². The molecule has 0 saturated carbocycles. The molecule has 2 heterocycles. The lowest BCUT2D eigenvalue weighted by atomic mass is 10.3. The lowest BCUT2D eigenvalue weighted by Gasteiger charge is -2.39. The molecular formula is C10H18N5+. The van der Waals surface area contributed by atoms with E-state index in [1.54, 1.807) is 12.4 Å². The molecule has 1 aliphatic rings. The summed E-state index contributed by atoms with van der Waals surface area (Å²) in [5, 5.41) is 0. The van der Waals surface area contributed by atoms with Gasteiger partial charge in [0, 0.05) is 12.4 Å². The average molecular weight is 208 g/mol. The standard InChI is InChI=1S/C10H18N5/c1-2-15(11)8-6-14(7-9-15)10-12-4-3-5-13-10/h3-5H,2,6-9,11H2,1H3/q+1. The predicted octanol–water partition coefficient (Wildman–Crippen LogP) is 0.00700. The van der Waals surface area contributed by atoms with Crippen LogP contribution in [-0.2, 0) is 0 Å². The van der Waals surface area contributed by atoms with Gasteiger partial charge in [-0.1, -0.05) is 0 Å². The number of rotatable bonds is 2. The molecule has 0 amide bonds. The highest BCUT2D eigenvalue weighted by atomic mass is 15.6. The third-order valence-corrected chi connectivity index (χ3v) is 3.10. The molecule has 0 bridgehead atoms. The first-order valence-electron chi connectivity index (χ1n) is 5.40. The fourth-order valence-electron chi connectivity index (χ4n) is 1.83. The molecule has 15 heavy (non-hydrogen) atoms. The minimum atomic E-state index is 0.670. The molecular weight excluding hydrogens is 190 g/mol. The number of piperazine rings is 1. The van der Waals surface area contributed by atoms with E-state index >= 15 is 0 Å². The van der Waals surface area contributed by atoms with E-state index in [2.05, 4.69) is 21.8 Å². The molecule has 1 aromatic heterocycles. The highest BCUT2D eigenvalue weighted by molar-refractivity contribution is 5.28. The Balaban J connectivity index is 2.00. The molecule has 1 aliphatic heterocycles. The van der Waals surface area contributed by atoms with Gasteiger partial charge in [0.15, 0.2) is 0 Å². The second-order valence-electron chi connectivity index (χ2n) is 4.02. The smallest absolute Gasteiger partial charge is 0.225 e. The second-order valence-corrected chi connectivity index (χ2v) is 4.02. The maximum absolute atomic E-state index is 6.17. The first kappa shape index (κ1) is 10.3. The quantitative estimate of drug-likeness (QED) is 0.549. The summed E-state index contributed by atoms with van der Waals surface area (Å²) in [4.78, 5) is 10.7. The van der Waals surface area contributed by atoms with Gasteiger partial charge < -0.3 is 4.90 Å². The van der Waals surface area contributed by atoms with Crippen LogP contribution in [0.5, 0.6) is 0 Å². The highest BCUT2D eigenvalue weighted by Gasteiger charge is 2.28. The largest absolute Gasteiger partial charge is 0.329 e. The molecule has 0 aromatic carbocycles. The molecule has 82 valence electrons. The topological polar surface area (TPSA) is 55.0 Å². The minimum absolute atomic E-state index is 0.670. The lowest BCUT2D eigenvalue weighted by molar-refractivity contribution is -0.938. The fourth-order valence-corrected chi connectivity index (χ4v) is 1.83. The van der Waals surface area contributed by atoms with Gasteiger partial charge in [0.05, 0.1) is 19.6 Å². The van der Waals surface area contributed by atoms with Crippen molar-refractivity contribution in [2.24, 2.45) is 5.84 Å². The zero-order valence-corrected chi connectivity index (χ0v) is 9.13. The number of quaternary nitrogens is 1. The van der Waals surface area contributed by atoms with Crippen molar-refractivity contribution in [2.45, 2.75) is 6.92 Å². The van der Waals surface area contributed by atoms with Gasteiger partial charge in [-0.3, -0.25) is 0 Å². The van der Waals surface area contributed by atoms with E-state index in [1.165, 1.54) is 0 Å². The first-order valence-corrected chi connectivity index (χ1v) is 5.40. The van der Waals surface area contributed by atoms with Crippen molar-refractivity contribution < 1.29 is 4.59 Å². The second kappa shape index (κ2) is 4.12. The van der Waals surface area contributed by atoms with Crippen molar-refractivity contribution in [2.75, 3.05) is 37.6 Å². The van der Waals surface area contributed by atoms with Gasteiger partial charge in [-0.15, -0.1) is 0 Å². The molecule has 0 atom stereocenters. The average Bonchev–Trinajstić information content (AvgIpc) is 2.31. The van der Waals surface area contributed by atoms with Gasteiger partial charge in [-0.25, -0.2) is 14.6 Å². The zero-order valence-electron chi connectivity index (χ0n) is 9.13. The third-order valence-electron chi connectivity index (χ3n) is 3.10. The van der Waals surface area contributed by atoms with Crippen molar-refractivity contribution >= 4 is 5.95 Å². The summed E-state index contributed by atoms with van der Waals surface area (Å²) in [7, 11) is 0. The Kier molecular flexibility index (Phi) is 2.83. The van der Waals surface area contributed by atoms with Crippen LogP contribution in [0, 0.1) is 0 Å². The van der Waals surface area contributed by atoms with Crippen LogP contribution in [0.2, 0.25) is 0 Å². The Morgan fingerprint density at radius 1 is 1.33 bits per heavy atom. The van der Waals surface area contributed by atoms with Gasteiger partial charge in [-0.05, 0) is 13.0 Å². The molecule has 0 radical (unpaired) electrons. The van der Waals surface area contributed by atoms with Gasteiger partial charge in [-0.2, -0.15) is 5.84 Å². The number of nitrogens with two attached hydrogens (primary N) is 1. The molecule has 1 saturated heterocycles. The summed E-state index contributed by atoms with van der Waals surface area (Å²) in [5.41, 5.74) is 0. The number of hydrogen-bond acceptors (Lipinski definition) is 4. The van der Waals surface area contributed by atoms with Crippen molar-refractivity contribution in [3.63, 3.8) is 0 Å². The van der Waals surface area contributed by atoms with E-state index in [9.17, 15) is 0 Å². The maximum atomic E-state index is 6.17. The molecule has 1 fully saturated rings. The number of hydrogen-bond donors (Lipinski definition) is 1. The van der Waals surface area contributed by atoms with E-state index in [1.807, 2.05) is 6.07 Å². The Labute approximate surface area is 90.1 Å². The summed E-state index contributed by atoms with van der Waals surface area (Å²) in [6, 6.07) is 1.84. The third kappa shape index (κ3) is 2.24. The first-order chi connectivity index (χ1) is 7.23. The molecule has 2 rings (SSSR count). The van der Waals surface area contributed by atoms with Crippen LogP contribution in [0.4, 0.5) is 5.95 Å². The summed E-state index contributed by atoms with van der Waals surface area (Å²) >= 11 is 0. The molecule has 2 N–H and O–H groups in total. The Morgan fingerprint density at radius 3 is 2.47 bits per heavy atom. The van der Waals surface area contributed by atoms with Gasteiger partial charge in [0.25, 0.3) is 0 Å². The van der Waals surface area contributed by atoms with Crippen LogP contribution < -0.4 is 10.7 Å². The number of aromatic nitrogens is 2. The van der Waals surface area contributed by atoms with Crippen LogP contribution in [0.3, 0.4) is 0 Å². The molecule has 5 nitrogen and oxygen atoms in total. The molecule has 0 unspecified atom stereocenters. The zero-order chi connectivity index (χ0) is 10.7. The predicted molar refractivity (Wildman–Crippen MR) is 59.0 cm³/mol.